The maximum atomic E-state index is 13.1. The number of carbonyl (C=O) groups excluding carboxylic acids is 1. The van der Waals surface area contributed by atoms with Crippen molar-refractivity contribution in [3.05, 3.63) is 29.8 Å². The van der Waals surface area contributed by atoms with Gasteiger partial charge in [-0.3, -0.25) is 19.4 Å². The van der Waals surface area contributed by atoms with E-state index in [1.807, 2.05) is 4.90 Å². The van der Waals surface area contributed by atoms with Crippen LogP contribution in [0.2, 0.25) is 0 Å². The van der Waals surface area contributed by atoms with Gasteiger partial charge >= 0.3 is 5.97 Å². The Bertz CT molecular complexity index is 610. The van der Waals surface area contributed by atoms with Crippen molar-refractivity contribution < 1.29 is 23.5 Å². The molecule has 1 aliphatic heterocycles. The molecule has 0 radical (unpaired) electrons. The van der Waals surface area contributed by atoms with Crippen molar-refractivity contribution in [1.82, 2.24) is 9.80 Å². The van der Waals surface area contributed by atoms with Crippen LogP contribution >= 0.6 is 12.4 Å². The second-order valence-corrected chi connectivity index (χ2v) is 5.99. The van der Waals surface area contributed by atoms with E-state index in [1.165, 1.54) is 6.07 Å². The van der Waals surface area contributed by atoms with E-state index in [4.69, 9.17) is 5.11 Å². The number of anilines is 1. The number of hydrogen-bond acceptors (Lipinski definition) is 4. The standard InChI is InChI=1S/C16H21F2N3O3.ClH/c1-20(10-16(23)24)12-4-6-21(7-5-12)9-15(22)19-11-2-3-13(17)14(18)8-11;/h2-3,8,12H,4-7,9-10H2,1H3,(H,19,22)(H,23,24);1H. The molecule has 1 aliphatic rings. The predicted molar refractivity (Wildman–Crippen MR) is 92.0 cm³/mol. The molecular weight excluding hydrogens is 356 g/mol. The summed E-state index contributed by atoms with van der Waals surface area (Å²) in [5.41, 5.74) is 0.218. The number of nitrogens with one attached hydrogen (secondary N) is 1. The van der Waals surface area contributed by atoms with Crippen molar-refractivity contribution in [3.63, 3.8) is 0 Å². The summed E-state index contributed by atoms with van der Waals surface area (Å²) < 4.78 is 26.0. The van der Waals surface area contributed by atoms with Crippen molar-refractivity contribution in [2.45, 2.75) is 18.9 Å². The summed E-state index contributed by atoms with van der Waals surface area (Å²) in [4.78, 5) is 26.5. The number of carboxylic acids is 1. The van der Waals surface area contributed by atoms with E-state index in [2.05, 4.69) is 5.32 Å². The minimum atomic E-state index is -1.00. The van der Waals surface area contributed by atoms with Crippen molar-refractivity contribution in [2.24, 2.45) is 0 Å². The molecule has 6 nitrogen and oxygen atoms in total. The maximum absolute atomic E-state index is 13.1. The average Bonchev–Trinajstić information content (AvgIpc) is 2.51. The number of amides is 1. The number of aliphatic carboxylic acids is 1. The second kappa shape index (κ2) is 9.65. The predicted octanol–water partition coefficient (Wildman–Crippen LogP) is 1.81. The van der Waals surface area contributed by atoms with Crippen molar-refractivity contribution >= 4 is 30.0 Å². The van der Waals surface area contributed by atoms with Crippen molar-refractivity contribution in [1.29, 1.82) is 0 Å². The summed E-state index contributed by atoms with van der Waals surface area (Å²) in [7, 11) is 1.78. The first-order valence-corrected chi connectivity index (χ1v) is 7.74. The van der Waals surface area contributed by atoms with Crippen LogP contribution in [0.5, 0.6) is 0 Å². The molecule has 0 aromatic heterocycles. The summed E-state index contributed by atoms with van der Waals surface area (Å²) >= 11 is 0. The summed E-state index contributed by atoms with van der Waals surface area (Å²) in [5.74, 6) is -3.11. The Hall–Kier alpha value is -1.77. The zero-order valence-electron chi connectivity index (χ0n) is 13.9. The molecule has 0 atom stereocenters. The Morgan fingerprint density at radius 3 is 2.48 bits per heavy atom. The van der Waals surface area contributed by atoms with Crippen LogP contribution < -0.4 is 5.32 Å². The van der Waals surface area contributed by atoms with Crippen molar-refractivity contribution in [3.8, 4) is 0 Å². The van der Waals surface area contributed by atoms with Gasteiger partial charge in [0.25, 0.3) is 0 Å². The van der Waals surface area contributed by atoms with Crippen LogP contribution in [0.25, 0.3) is 0 Å². The average molecular weight is 378 g/mol. The third-order valence-corrected chi connectivity index (χ3v) is 4.14. The number of nitrogens with zero attached hydrogens (tertiary/aromatic N) is 2. The van der Waals surface area contributed by atoms with E-state index in [-0.39, 0.29) is 43.1 Å². The monoisotopic (exact) mass is 377 g/mol. The van der Waals surface area contributed by atoms with Crippen LogP contribution in [-0.2, 0) is 9.59 Å². The molecule has 1 fully saturated rings. The first kappa shape index (κ1) is 21.3. The molecule has 1 aromatic rings. The Morgan fingerprint density at radius 2 is 1.92 bits per heavy atom. The summed E-state index contributed by atoms with van der Waals surface area (Å²) in [6.07, 6.45) is 1.56. The van der Waals surface area contributed by atoms with Gasteiger partial charge in [0.2, 0.25) is 5.91 Å². The van der Waals surface area contributed by atoms with E-state index in [9.17, 15) is 18.4 Å². The number of hydrogen-bond donors (Lipinski definition) is 2. The number of carbonyl (C=O) groups is 2. The van der Waals surface area contributed by atoms with Crippen LogP contribution in [0.1, 0.15) is 12.8 Å². The highest BCUT2D eigenvalue weighted by Gasteiger charge is 2.24. The number of piperidine rings is 1. The molecule has 1 heterocycles. The molecule has 2 rings (SSSR count). The first-order chi connectivity index (χ1) is 11.3. The summed E-state index contributed by atoms with van der Waals surface area (Å²) in [5, 5.41) is 11.3. The van der Waals surface area contributed by atoms with E-state index < -0.39 is 17.6 Å². The zero-order valence-corrected chi connectivity index (χ0v) is 14.7. The van der Waals surface area contributed by atoms with E-state index >= 15 is 0 Å². The molecule has 0 unspecified atom stereocenters. The molecule has 9 heteroatoms. The highest BCUT2D eigenvalue weighted by Crippen LogP contribution is 2.16. The van der Waals surface area contributed by atoms with Crippen LogP contribution in [0.3, 0.4) is 0 Å². The van der Waals surface area contributed by atoms with Crippen LogP contribution in [0, 0.1) is 11.6 Å². The number of likely N-dealkylation sites (N-methyl/N-ethyl adjacent to an activating group) is 1. The smallest absolute Gasteiger partial charge is 0.317 e. The molecule has 0 bridgehead atoms. The SMILES string of the molecule is CN(CC(=O)O)C1CCN(CC(=O)Nc2ccc(F)c(F)c2)CC1.Cl. The Morgan fingerprint density at radius 1 is 1.28 bits per heavy atom. The molecule has 1 aromatic carbocycles. The normalized spacial score (nSPS) is 15.7. The minimum absolute atomic E-state index is 0. The van der Waals surface area contributed by atoms with Crippen molar-refractivity contribution in [2.75, 3.05) is 38.5 Å². The topological polar surface area (TPSA) is 72.9 Å². The Kier molecular flexibility index (Phi) is 8.21. The molecule has 0 spiro atoms. The lowest BCUT2D eigenvalue weighted by atomic mass is 10.0. The van der Waals surface area contributed by atoms with Gasteiger partial charge in [-0.1, -0.05) is 0 Å². The molecular formula is C16H22ClF2N3O3. The maximum Gasteiger partial charge on any atom is 0.317 e. The number of likely N-dealkylation sites (tertiary alicyclic amines) is 1. The molecule has 25 heavy (non-hydrogen) atoms. The minimum Gasteiger partial charge on any atom is -0.480 e. The number of benzene rings is 1. The highest BCUT2D eigenvalue weighted by atomic mass is 35.5. The van der Waals surface area contributed by atoms with E-state index in [0.29, 0.717) is 13.1 Å². The molecule has 1 saturated heterocycles. The van der Waals surface area contributed by atoms with Gasteiger partial charge < -0.3 is 10.4 Å². The highest BCUT2D eigenvalue weighted by molar-refractivity contribution is 5.92. The zero-order chi connectivity index (χ0) is 17.7. The fourth-order valence-corrected chi connectivity index (χ4v) is 2.84. The van der Waals surface area contributed by atoms with Gasteiger partial charge in [-0.05, 0) is 32.0 Å². The van der Waals surface area contributed by atoms with Gasteiger partial charge in [0.05, 0.1) is 13.1 Å². The molecule has 0 aliphatic carbocycles. The van der Waals surface area contributed by atoms with Gasteiger partial charge in [-0.15, -0.1) is 12.4 Å². The Balaban J connectivity index is 0.00000312. The largest absolute Gasteiger partial charge is 0.480 e. The molecule has 2 N–H and O–H groups in total. The summed E-state index contributed by atoms with van der Waals surface area (Å²) in [6.45, 7) is 1.52. The third kappa shape index (κ3) is 6.56. The second-order valence-electron chi connectivity index (χ2n) is 5.99. The van der Waals surface area contributed by atoms with Gasteiger partial charge in [0, 0.05) is 30.9 Å². The lowest BCUT2D eigenvalue weighted by Crippen LogP contribution is -2.46. The van der Waals surface area contributed by atoms with Gasteiger partial charge in [0.15, 0.2) is 11.6 Å². The number of carboxylic acid groups (broad SMARTS) is 1. The van der Waals surface area contributed by atoms with E-state index in [1.54, 1.807) is 11.9 Å². The first-order valence-electron chi connectivity index (χ1n) is 7.74. The number of rotatable bonds is 6. The lowest BCUT2D eigenvalue weighted by molar-refractivity contribution is -0.138. The third-order valence-electron chi connectivity index (χ3n) is 4.14. The van der Waals surface area contributed by atoms with Crippen LogP contribution in [0.4, 0.5) is 14.5 Å². The fourth-order valence-electron chi connectivity index (χ4n) is 2.84. The molecule has 140 valence electrons. The van der Waals surface area contributed by atoms with Gasteiger partial charge in [-0.25, -0.2) is 8.78 Å². The van der Waals surface area contributed by atoms with Gasteiger partial charge in [0.1, 0.15) is 0 Å². The fraction of sp³-hybridized carbons (Fsp3) is 0.500. The number of halogens is 3. The molecule has 0 saturated carbocycles. The van der Waals surface area contributed by atoms with Gasteiger partial charge in [-0.2, -0.15) is 0 Å². The Labute approximate surface area is 151 Å². The van der Waals surface area contributed by atoms with E-state index in [0.717, 1.165) is 25.0 Å². The van der Waals surface area contributed by atoms with Crippen LogP contribution in [-0.4, -0.2) is 66.1 Å². The lowest BCUT2D eigenvalue weighted by Gasteiger charge is -2.35. The quantitative estimate of drug-likeness (QED) is 0.791. The van der Waals surface area contributed by atoms with Crippen LogP contribution in [0.15, 0.2) is 18.2 Å². The summed E-state index contributed by atoms with van der Waals surface area (Å²) in [6, 6.07) is 3.41. The molecule has 1 amide bonds.